The molecular weight excluding hydrogens is 488 g/mol. The zero-order valence-corrected chi connectivity index (χ0v) is 22.5. The SMILES string of the molecule is CC[C@H](C(=O)NCC(C)C)N(Cc1ccc(Cl)cc1)C(=O)CN(c1ccccc1)S(=O)(=O)N(C)C. The predicted octanol–water partition coefficient (Wildman–Crippen LogP) is 3.53. The van der Waals surface area contributed by atoms with Gasteiger partial charge >= 0.3 is 10.2 Å². The zero-order chi connectivity index (χ0) is 26.2. The lowest BCUT2D eigenvalue weighted by atomic mass is 10.1. The minimum Gasteiger partial charge on any atom is -0.354 e. The second kappa shape index (κ2) is 12.9. The number of carbonyl (C=O) groups excluding carboxylic acids is 2. The molecule has 0 aromatic heterocycles. The number of hydrogen-bond donors (Lipinski definition) is 1. The fourth-order valence-corrected chi connectivity index (χ4v) is 4.62. The van der Waals surface area contributed by atoms with Gasteiger partial charge in [0.05, 0.1) is 5.69 Å². The minimum atomic E-state index is -3.97. The fraction of sp³-hybridized carbons (Fsp3) is 0.440. The quantitative estimate of drug-likeness (QED) is 0.461. The third-order valence-corrected chi connectivity index (χ3v) is 7.47. The molecule has 0 radical (unpaired) electrons. The summed E-state index contributed by atoms with van der Waals surface area (Å²) in [7, 11) is -1.15. The first-order valence-electron chi connectivity index (χ1n) is 11.5. The fourth-order valence-electron chi connectivity index (χ4n) is 3.44. The summed E-state index contributed by atoms with van der Waals surface area (Å²) in [5, 5.41) is 3.46. The molecular formula is C25H35ClN4O4S. The normalized spacial score (nSPS) is 12.5. The molecule has 0 heterocycles. The molecule has 1 atom stereocenters. The zero-order valence-electron chi connectivity index (χ0n) is 20.9. The Bertz CT molecular complexity index is 1080. The van der Waals surface area contributed by atoms with E-state index in [1.807, 2.05) is 20.8 Å². The van der Waals surface area contributed by atoms with Crippen LogP contribution in [0.5, 0.6) is 0 Å². The Balaban J connectivity index is 2.44. The molecule has 0 fully saturated rings. The lowest BCUT2D eigenvalue weighted by molar-refractivity contribution is -0.140. The van der Waals surface area contributed by atoms with Gasteiger partial charge in [-0.25, -0.2) is 4.31 Å². The minimum absolute atomic E-state index is 0.133. The number of para-hydroxylation sites is 1. The maximum atomic E-state index is 13.7. The summed E-state index contributed by atoms with van der Waals surface area (Å²) < 4.78 is 28.4. The summed E-state index contributed by atoms with van der Waals surface area (Å²) >= 11 is 6.02. The maximum absolute atomic E-state index is 13.7. The van der Waals surface area contributed by atoms with Crippen molar-refractivity contribution in [1.82, 2.24) is 14.5 Å². The first-order valence-corrected chi connectivity index (χ1v) is 13.3. The van der Waals surface area contributed by atoms with Crippen LogP contribution in [0.15, 0.2) is 54.6 Å². The second-order valence-electron chi connectivity index (χ2n) is 8.84. The van der Waals surface area contributed by atoms with Crippen LogP contribution in [0, 0.1) is 5.92 Å². The Hall–Kier alpha value is -2.62. The lowest BCUT2D eigenvalue weighted by Gasteiger charge is -2.34. The van der Waals surface area contributed by atoms with Crippen molar-refractivity contribution in [3.05, 3.63) is 65.2 Å². The monoisotopic (exact) mass is 522 g/mol. The standard InChI is InChI=1S/C25H35ClN4O4S/c1-6-23(25(32)27-16-19(2)3)29(17-20-12-14-21(26)15-13-20)24(31)18-30(35(33,34)28(4)5)22-10-8-7-9-11-22/h7-15,19,23H,6,16-18H2,1-5H3,(H,27,32)/t23-/m1/s1. The van der Waals surface area contributed by atoms with Gasteiger partial charge in [-0.1, -0.05) is 62.7 Å². The molecule has 0 unspecified atom stereocenters. The molecule has 0 aliphatic heterocycles. The van der Waals surface area contributed by atoms with Gasteiger partial charge in [0.1, 0.15) is 12.6 Å². The number of halogens is 1. The first kappa shape index (κ1) is 28.6. The summed E-state index contributed by atoms with van der Waals surface area (Å²) in [6, 6.07) is 14.7. The summed E-state index contributed by atoms with van der Waals surface area (Å²) in [6.45, 7) is 5.96. The number of hydrogen-bond acceptors (Lipinski definition) is 4. The smallest absolute Gasteiger partial charge is 0.304 e. The molecule has 10 heteroatoms. The Kier molecular flexibility index (Phi) is 10.5. The first-order chi connectivity index (χ1) is 16.5. The molecule has 192 valence electrons. The highest BCUT2D eigenvalue weighted by Gasteiger charge is 2.33. The number of anilines is 1. The van der Waals surface area contributed by atoms with E-state index in [4.69, 9.17) is 11.6 Å². The highest BCUT2D eigenvalue weighted by Crippen LogP contribution is 2.21. The van der Waals surface area contributed by atoms with E-state index in [2.05, 4.69) is 5.32 Å². The van der Waals surface area contributed by atoms with E-state index in [0.717, 1.165) is 14.2 Å². The molecule has 0 spiro atoms. The molecule has 0 bridgehead atoms. The highest BCUT2D eigenvalue weighted by molar-refractivity contribution is 7.90. The maximum Gasteiger partial charge on any atom is 0.304 e. The summed E-state index contributed by atoms with van der Waals surface area (Å²) in [5.74, 6) is -0.512. The molecule has 2 aromatic rings. The molecule has 0 saturated carbocycles. The largest absolute Gasteiger partial charge is 0.354 e. The average Bonchev–Trinajstić information content (AvgIpc) is 2.82. The van der Waals surface area contributed by atoms with Gasteiger partial charge in [-0.05, 0) is 42.2 Å². The predicted molar refractivity (Wildman–Crippen MR) is 140 cm³/mol. The second-order valence-corrected chi connectivity index (χ2v) is 11.3. The van der Waals surface area contributed by atoms with Crippen molar-refractivity contribution in [3.8, 4) is 0 Å². The molecule has 0 aliphatic rings. The van der Waals surface area contributed by atoms with Crippen LogP contribution in [0.2, 0.25) is 5.02 Å². The summed E-state index contributed by atoms with van der Waals surface area (Å²) in [4.78, 5) is 28.2. The number of benzene rings is 2. The molecule has 0 saturated heterocycles. The topological polar surface area (TPSA) is 90.0 Å². The van der Waals surface area contributed by atoms with Crippen molar-refractivity contribution in [2.75, 3.05) is 31.5 Å². The van der Waals surface area contributed by atoms with E-state index in [1.165, 1.54) is 19.0 Å². The van der Waals surface area contributed by atoms with Gasteiger partial charge in [0.2, 0.25) is 11.8 Å². The Morgan fingerprint density at radius 3 is 2.11 bits per heavy atom. The Morgan fingerprint density at radius 1 is 1.00 bits per heavy atom. The average molecular weight is 523 g/mol. The highest BCUT2D eigenvalue weighted by atomic mass is 35.5. The third kappa shape index (κ3) is 7.95. The number of nitrogens with zero attached hydrogens (tertiary/aromatic N) is 3. The van der Waals surface area contributed by atoms with Crippen molar-refractivity contribution in [1.29, 1.82) is 0 Å². The number of amides is 2. The van der Waals surface area contributed by atoms with Gasteiger partial charge < -0.3 is 10.2 Å². The van der Waals surface area contributed by atoms with Crippen LogP contribution in [0.4, 0.5) is 5.69 Å². The molecule has 35 heavy (non-hydrogen) atoms. The Morgan fingerprint density at radius 2 is 1.60 bits per heavy atom. The van der Waals surface area contributed by atoms with Crippen LogP contribution in [0.25, 0.3) is 0 Å². The van der Waals surface area contributed by atoms with E-state index < -0.39 is 28.7 Å². The number of nitrogens with one attached hydrogen (secondary N) is 1. The van der Waals surface area contributed by atoms with Crippen molar-refractivity contribution < 1.29 is 18.0 Å². The molecule has 1 N–H and O–H groups in total. The van der Waals surface area contributed by atoms with Crippen LogP contribution in [0.3, 0.4) is 0 Å². The number of carbonyl (C=O) groups is 2. The number of rotatable bonds is 12. The van der Waals surface area contributed by atoms with Crippen molar-refractivity contribution >= 4 is 39.3 Å². The van der Waals surface area contributed by atoms with Crippen LogP contribution in [-0.2, 0) is 26.3 Å². The van der Waals surface area contributed by atoms with Crippen LogP contribution in [-0.4, -0.2) is 62.7 Å². The van der Waals surface area contributed by atoms with Gasteiger partial charge in [-0.15, -0.1) is 0 Å². The van der Waals surface area contributed by atoms with E-state index in [9.17, 15) is 18.0 Å². The Labute approximate surface area is 214 Å². The molecule has 2 aromatic carbocycles. The molecule has 0 aliphatic carbocycles. The van der Waals surface area contributed by atoms with Crippen molar-refractivity contribution in [2.45, 2.75) is 39.8 Å². The lowest BCUT2D eigenvalue weighted by Crippen LogP contribution is -2.53. The van der Waals surface area contributed by atoms with E-state index in [0.29, 0.717) is 23.7 Å². The van der Waals surface area contributed by atoms with Gasteiger partial charge in [0.25, 0.3) is 0 Å². The summed E-state index contributed by atoms with van der Waals surface area (Å²) in [5.41, 5.74) is 1.14. The van der Waals surface area contributed by atoms with Gasteiger partial charge in [-0.2, -0.15) is 12.7 Å². The molecule has 2 rings (SSSR count). The summed E-state index contributed by atoms with van der Waals surface area (Å²) in [6.07, 6.45) is 0.370. The van der Waals surface area contributed by atoms with E-state index >= 15 is 0 Å². The van der Waals surface area contributed by atoms with Crippen LogP contribution >= 0.6 is 11.6 Å². The van der Waals surface area contributed by atoms with E-state index in [-0.39, 0.29) is 18.4 Å². The molecule has 8 nitrogen and oxygen atoms in total. The molecule has 2 amide bonds. The van der Waals surface area contributed by atoms with Crippen LogP contribution in [0.1, 0.15) is 32.8 Å². The van der Waals surface area contributed by atoms with Gasteiger partial charge in [0, 0.05) is 32.2 Å². The van der Waals surface area contributed by atoms with Gasteiger partial charge in [0.15, 0.2) is 0 Å². The van der Waals surface area contributed by atoms with E-state index in [1.54, 1.807) is 54.6 Å². The van der Waals surface area contributed by atoms with Crippen LogP contribution < -0.4 is 9.62 Å². The van der Waals surface area contributed by atoms with Crippen molar-refractivity contribution in [3.63, 3.8) is 0 Å². The van der Waals surface area contributed by atoms with Gasteiger partial charge in [-0.3, -0.25) is 9.59 Å². The van der Waals surface area contributed by atoms with Crippen molar-refractivity contribution in [2.24, 2.45) is 5.92 Å². The third-order valence-electron chi connectivity index (χ3n) is 5.40.